The molecule has 2 aliphatic rings. The Kier molecular flexibility index (Phi) is 3.43. The first-order chi connectivity index (χ1) is 10.1. The van der Waals surface area contributed by atoms with Gasteiger partial charge in [0.15, 0.2) is 0 Å². The first-order valence-corrected chi connectivity index (χ1v) is 6.99. The molecule has 1 aromatic rings. The van der Waals surface area contributed by atoms with Crippen LogP contribution < -0.4 is 5.32 Å². The molecule has 5 nitrogen and oxygen atoms in total. The van der Waals surface area contributed by atoms with E-state index in [2.05, 4.69) is 10.3 Å². The number of halogens is 1. The number of benzene rings is 1. The Labute approximate surface area is 128 Å². The van der Waals surface area contributed by atoms with Gasteiger partial charge in [-0.05, 0) is 19.1 Å². The second kappa shape index (κ2) is 5.26. The Balaban J connectivity index is 2.19. The summed E-state index contributed by atoms with van der Waals surface area (Å²) in [7, 11) is 1.75. The SMILES string of the molecule is CNC1=NCC(c2ccccc2Cl)=C2C=C(C)C=[N+]([O-])N12. The second-order valence-electron chi connectivity index (χ2n) is 4.87. The first kappa shape index (κ1) is 13.7. The summed E-state index contributed by atoms with van der Waals surface area (Å²) in [4.78, 5) is 5.22. The van der Waals surface area contributed by atoms with E-state index in [1.807, 2.05) is 37.3 Å². The maximum Gasteiger partial charge on any atom is 0.259 e. The molecule has 3 rings (SSSR count). The minimum atomic E-state index is 0.476. The van der Waals surface area contributed by atoms with Crippen molar-refractivity contribution in [2.45, 2.75) is 6.92 Å². The standard InChI is InChI=1S/C15H15ClN4O/c1-10-7-14-12(11-5-3-4-6-13(11)16)8-18-15(17-2)20(14)19(21)9-10/h3-7,9H,8H2,1-2H3,(H,17,18). The third-order valence-corrected chi connectivity index (χ3v) is 3.75. The quantitative estimate of drug-likeness (QED) is 0.640. The molecular weight excluding hydrogens is 288 g/mol. The van der Waals surface area contributed by atoms with Gasteiger partial charge in [-0.25, -0.2) is 4.99 Å². The first-order valence-electron chi connectivity index (χ1n) is 6.61. The average molecular weight is 303 g/mol. The number of aliphatic imine (C=N–C) groups is 1. The highest BCUT2D eigenvalue weighted by molar-refractivity contribution is 6.32. The fourth-order valence-electron chi connectivity index (χ4n) is 2.49. The number of nitrogens with zero attached hydrogens (tertiary/aromatic N) is 3. The van der Waals surface area contributed by atoms with E-state index < -0.39 is 0 Å². The van der Waals surface area contributed by atoms with Crippen molar-refractivity contribution in [3.05, 3.63) is 57.4 Å². The van der Waals surface area contributed by atoms with E-state index in [9.17, 15) is 5.21 Å². The van der Waals surface area contributed by atoms with Crippen LogP contribution in [0.15, 0.2) is 46.6 Å². The number of hydrazine groups is 1. The highest BCUT2D eigenvalue weighted by atomic mass is 35.5. The van der Waals surface area contributed by atoms with Gasteiger partial charge in [-0.1, -0.05) is 39.7 Å². The maximum atomic E-state index is 12.2. The number of nitrogens with one attached hydrogen (secondary N) is 1. The fraction of sp³-hybridized carbons (Fsp3) is 0.200. The summed E-state index contributed by atoms with van der Waals surface area (Å²) in [5.41, 5.74) is 3.53. The summed E-state index contributed by atoms with van der Waals surface area (Å²) in [6.07, 6.45) is 3.49. The number of hydrogen-bond acceptors (Lipinski definition) is 4. The largest absolute Gasteiger partial charge is 0.596 e. The molecule has 0 saturated carbocycles. The molecule has 0 aliphatic carbocycles. The van der Waals surface area contributed by atoms with Crippen molar-refractivity contribution in [2.24, 2.45) is 4.99 Å². The van der Waals surface area contributed by atoms with Crippen molar-refractivity contribution < 1.29 is 4.85 Å². The predicted octanol–water partition coefficient (Wildman–Crippen LogP) is 2.40. The summed E-state index contributed by atoms with van der Waals surface area (Å²) in [6, 6.07) is 7.60. The molecule has 0 unspecified atom stereocenters. The van der Waals surface area contributed by atoms with Gasteiger partial charge < -0.3 is 10.5 Å². The number of fused-ring (bicyclic) bond motifs is 1. The fourth-order valence-corrected chi connectivity index (χ4v) is 2.74. The van der Waals surface area contributed by atoms with Crippen molar-refractivity contribution in [2.75, 3.05) is 13.6 Å². The zero-order valence-corrected chi connectivity index (χ0v) is 12.6. The maximum absolute atomic E-state index is 12.2. The van der Waals surface area contributed by atoms with Gasteiger partial charge >= 0.3 is 0 Å². The molecule has 0 amide bonds. The van der Waals surface area contributed by atoms with Gasteiger partial charge in [-0.15, -0.1) is 0 Å². The van der Waals surface area contributed by atoms with Gasteiger partial charge in [0, 0.05) is 28.8 Å². The van der Waals surface area contributed by atoms with Crippen LogP contribution in [0.1, 0.15) is 12.5 Å². The molecule has 0 aromatic heterocycles. The predicted molar refractivity (Wildman–Crippen MR) is 85.0 cm³/mol. The van der Waals surface area contributed by atoms with Gasteiger partial charge in [-0.3, -0.25) is 0 Å². The van der Waals surface area contributed by atoms with E-state index in [4.69, 9.17) is 11.6 Å². The summed E-state index contributed by atoms with van der Waals surface area (Å²) in [5, 5.41) is 17.3. The van der Waals surface area contributed by atoms with Gasteiger partial charge in [0.1, 0.15) is 5.70 Å². The lowest BCUT2D eigenvalue weighted by Crippen LogP contribution is -2.47. The Morgan fingerprint density at radius 3 is 2.86 bits per heavy atom. The van der Waals surface area contributed by atoms with Crippen molar-refractivity contribution in [3.63, 3.8) is 0 Å². The molecule has 1 N–H and O–H groups in total. The van der Waals surface area contributed by atoms with E-state index >= 15 is 0 Å². The van der Waals surface area contributed by atoms with E-state index in [1.54, 1.807) is 7.05 Å². The summed E-state index contributed by atoms with van der Waals surface area (Å²) < 4.78 is 0. The van der Waals surface area contributed by atoms with Crippen LogP contribution in [0, 0.1) is 5.21 Å². The van der Waals surface area contributed by atoms with Crippen LogP contribution in [0.3, 0.4) is 0 Å². The zero-order chi connectivity index (χ0) is 15.0. The van der Waals surface area contributed by atoms with Crippen molar-refractivity contribution in [1.29, 1.82) is 0 Å². The summed E-state index contributed by atoms with van der Waals surface area (Å²) in [6.45, 7) is 2.37. The topological polar surface area (TPSA) is 53.7 Å². The number of hydrogen-bond donors (Lipinski definition) is 1. The third kappa shape index (κ3) is 2.29. The van der Waals surface area contributed by atoms with Crippen molar-refractivity contribution in [3.8, 4) is 0 Å². The number of allylic oxidation sites excluding steroid dienone is 2. The number of rotatable bonds is 1. The molecule has 0 spiro atoms. The smallest absolute Gasteiger partial charge is 0.259 e. The molecule has 21 heavy (non-hydrogen) atoms. The molecule has 1 aromatic carbocycles. The number of guanidine groups is 1. The van der Waals surface area contributed by atoms with Crippen LogP contribution in [-0.2, 0) is 0 Å². The minimum Gasteiger partial charge on any atom is -0.596 e. The monoisotopic (exact) mass is 302 g/mol. The second-order valence-corrected chi connectivity index (χ2v) is 5.27. The molecule has 0 bridgehead atoms. The van der Waals surface area contributed by atoms with Crippen LogP contribution in [0.5, 0.6) is 0 Å². The van der Waals surface area contributed by atoms with Gasteiger partial charge in [0.2, 0.25) is 6.21 Å². The van der Waals surface area contributed by atoms with Crippen LogP contribution in [0.25, 0.3) is 5.57 Å². The van der Waals surface area contributed by atoms with Gasteiger partial charge in [-0.2, -0.15) is 0 Å². The molecule has 0 saturated heterocycles. The van der Waals surface area contributed by atoms with Crippen LogP contribution in [0.2, 0.25) is 5.02 Å². The molecule has 0 atom stereocenters. The molecule has 108 valence electrons. The van der Waals surface area contributed by atoms with Crippen molar-refractivity contribution in [1.82, 2.24) is 10.3 Å². The van der Waals surface area contributed by atoms with Crippen molar-refractivity contribution >= 4 is 29.3 Å². The van der Waals surface area contributed by atoms with E-state index in [-0.39, 0.29) is 0 Å². The van der Waals surface area contributed by atoms with E-state index in [0.717, 1.165) is 27.3 Å². The van der Waals surface area contributed by atoms with Gasteiger partial charge in [0.05, 0.1) is 6.54 Å². The molecule has 2 heterocycles. The highest BCUT2D eigenvalue weighted by Gasteiger charge is 2.32. The van der Waals surface area contributed by atoms with Gasteiger partial charge in [0.25, 0.3) is 5.96 Å². The zero-order valence-electron chi connectivity index (χ0n) is 11.8. The van der Waals surface area contributed by atoms with E-state index in [1.165, 1.54) is 11.2 Å². The Morgan fingerprint density at radius 2 is 2.14 bits per heavy atom. The third-order valence-electron chi connectivity index (χ3n) is 3.42. The molecule has 2 aliphatic heterocycles. The summed E-state index contributed by atoms with van der Waals surface area (Å²) in [5.74, 6) is 0.524. The van der Waals surface area contributed by atoms with Crippen LogP contribution in [-0.4, -0.2) is 35.6 Å². The van der Waals surface area contributed by atoms with Crippen LogP contribution >= 0.6 is 11.6 Å². The average Bonchev–Trinajstić information content (AvgIpc) is 2.46. The summed E-state index contributed by atoms with van der Waals surface area (Å²) >= 11 is 6.29. The molecule has 0 radical (unpaired) electrons. The van der Waals surface area contributed by atoms with Crippen LogP contribution in [0.4, 0.5) is 0 Å². The lowest BCUT2D eigenvalue weighted by atomic mass is 10.0. The highest BCUT2D eigenvalue weighted by Crippen LogP contribution is 2.32. The Hall–Kier alpha value is -2.27. The number of hydrazone groups is 1. The van der Waals surface area contributed by atoms with E-state index in [0.29, 0.717) is 17.5 Å². The normalized spacial score (nSPS) is 17.9. The Bertz CT molecular complexity index is 718. The Morgan fingerprint density at radius 1 is 1.38 bits per heavy atom. The molecule has 6 heteroatoms. The molecule has 0 fully saturated rings. The molecular formula is C15H15ClN4O. The minimum absolute atomic E-state index is 0.476. The lowest BCUT2D eigenvalue weighted by Gasteiger charge is -2.30. The lowest BCUT2D eigenvalue weighted by molar-refractivity contribution is -0.595.